The lowest BCUT2D eigenvalue weighted by Crippen LogP contribution is -2.45. The Bertz CT molecular complexity index is 1460. The van der Waals surface area contributed by atoms with Gasteiger partial charge in [0, 0.05) is 60.3 Å². The number of alkyl carbamates (subject to hydrolysis) is 1. The molecule has 1 amide bonds. The van der Waals surface area contributed by atoms with Crippen molar-refractivity contribution in [3.05, 3.63) is 41.4 Å². The zero-order chi connectivity index (χ0) is 28.3. The maximum atomic E-state index is 15.9. The molecule has 3 aromatic rings. The summed E-state index contributed by atoms with van der Waals surface area (Å²) in [4.78, 5) is 20.2. The lowest BCUT2D eigenvalue weighted by Gasteiger charge is -2.30. The van der Waals surface area contributed by atoms with Crippen LogP contribution in [0.3, 0.4) is 0 Å². The first-order chi connectivity index (χ1) is 18.5. The minimum Gasteiger partial charge on any atom is -0.453 e. The Morgan fingerprint density at radius 1 is 1.23 bits per heavy atom. The monoisotopic (exact) mass is 580 g/mol. The highest BCUT2D eigenvalue weighted by molar-refractivity contribution is 7.90. The number of ether oxygens (including phenoxy) is 1. The molecule has 0 saturated carbocycles. The second-order valence-electron chi connectivity index (χ2n) is 9.32. The Kier molecular flexibility index (Phi) is 8.57. The number of methoxy groups -OCH3 is 1. The first-order valence-corrected chi connectivity index (χ1v) is 14.1. The number of amides is 1. The molecule has 0 radical (unpaired) electrons. The molecule has 0 spiro atoms. The maximum Gasteiger partial charge on any atom is 0.407 e. The lowest BCUT2D eigenvalue weighted by atomic mass is 10.0. The number of hydrogen-bond acceptors (Lipinski definition) is 8. The highest BCUT2D eigenvalue weighted by atomic mass is 35.5. The van der Waals surface area contributed by atoms with Gasteiger partial charge in [-0.1, -0.05) is 11.6 Å². The van der Waals surface area contributed by atoms with Crippen LogP contribution in [0.1, 0.15) is 33.2 Å². The predicted molar refractivity (Wildman–Crippen MR) is 146 cm³/mol. The van der Waals surface area contributed by atoms with Crippen LogP contribution in [0, 0.1) is 5.82 Å². The summed E-state index contributed by atoms with van der Waals surface area (Å²) in [7, 11) is -2.63. The third-order valence-corrected chi connectivity index (χ3v) is 7.74. The number of hydrogen-bond donors (Lipinski definition) is 3. The normalized spacial score (nSPS) is 14.5. The van der Waals surface area contributed by atoms with Crippen molar-refractivity contribution < 1.29 is 22.3 Å². The number of nitrogens with one attached hydrogen (secondary N) is 3. The third kappa shape index (κ3) is 6.57. The molecule has 0 aliphatic carbocycles. The van der Waals surface area contributed by atoms with Crippen LogP contribution in [0.25, 0.3) is 22.5 Å². The average Bonchev–Trinajstić information content (AvgIpc) is 3.29. The van der Waals surface area contributed by atoms with E-state index in [0.29, 0.717) is 36.6 Å². The Morgan fingerprint density at radius 3 is 2.62 bits per heavy atom. The molecule has 0 unspecified atom stereocenters. The predicted octanol–water partition coefficient (Wildman–Crippen LogP) is 3.90. The number of rotatable bonds is 10. The molecule has 1 saturated heterocycles. The van der Waals surface area contributed by atoms with E-state index >= 15 is 4.39 Å². The molecule has 1 aliphatic rings. The highest BCUT2D eigenvalue weighted by Crippen LogP contribution is 2.37. The van der Waals surface area contributed by atoms with Gasteiger partial charge in [0.15, 0.2) is 5.82 Å². The molecule has 1 aromatic carbocycles. The van der Waals surface area contributed by atoms with Gasteiger partial charge in [-0.2, -0.15) is 17.8 Å². The van der Waals surface area contributed by atoms with Crippen molar-refractivity contribution in [2.45, 2.75) is 39.3 Å². The smallest absolute Gasteiger partial charge is 0.407 e. The van der Waals surface area contributed by atoms with E-state index in [-0.39, 0.29) is 34.3 Å². The molecule has 12 nitrogen and oxygen atoms in total. The fraction of sp³-hybridized carbons (Fsp3) is 0.417. The van der Waals surface area contributed by atoms with Crippen LogP contribution < -0.4 is 15.4 Å². The van der Waals surface area contributed by atoms with Crippen LogP contribution in [0.4, 0.5) is 20.8 Å². The summed E-state index contributed by atoms with van der Waals surface area (Å²) in [5.41, 5.74) is 0.933. The van der Waals surface area contributed by atoms with Gasteiger partial charge in [0.25, 0.3) is 0 Å². The summed E-state index contributed by atoms with van der Waals surface area (Å²) in [6.07, 6.45) is 3.39. The summed E-state index contributed by atoms with van der Waals surface area (Å²) < 4.78 is 50.9. The van der Waals surface area contributed by atoms with E-state index in [1.54, 1.807) is 23.9 Å². The minimum atomic E-state index is -3.91. The van der Waals surface area contributed by atoms with Gasteiger partial charge < -0.3 is 15.4 Å². The van der Waals surface area contributed by atoms with E-state index in [0.717, 1.165) is 6.42 Å². The molecule has 39 heavy (non-hydrogen) atoms. The molecule has 15 heteroatoms. The second kappa shape index (κ2) is 11.7. The first kappa shape index (κ1) is 28.5. The largest absolute Gasteiger partial charge is 0.453 e. The molecular formula is C24H30ClFN8O4S. The van der Waals surface area contributed by atoms with Crippen molar-refractivity contribution in [3.8, 4) is 22.5 Å². The molecular weight excluding hydrogens is 551 g/mol. The Hall–Kier alpha value is -3.49. The van der Waals surface area contributed by atoms with Crippen LogP contribution in [0.2, 0.25) is 5.02 Å². The Balaban J connectivity index is 1.69. The summed E-state index contributed by atoms with van der Waals surface area (Å²) in [5, 5.41) is 10.5. The van der Waals surface area contributed by atoms with E-state index < -0.39 is 22.1 Å². The second-order valence-corrected chi connectivity index (χ2v) is 11.4. The van der Waals surface area contributed by atoms with Gasteiger partial charge in [0.2, 0.25) is 5.95 Å². The number of carbonyl (C=O) groups excluding carboxylic acids is 1. The standard InChI is InChI=1S/C24H30ClFN8O4S/c1-14(2)34-13-18(17-10-16(25)11-20(21(17)26)32-39(36,37)33-8-5-9-33)22(31-34)19-6-7-27-23(30-19)28-12-15(3)29-24(35)38-4/h6-7,10-11,13-15,32H,5,8-9,12H2,1-4H3,(H,29,35)(H,27,28,30)/t15-/m0/s1. The molecule has 0 bridgehead atoms. The van der Waals surface area contributed by atoms with Gasteiger partial charge in [-0.3, -0.25) is 9.40 Å². The van der Waals surface area contributed by atoms with E-state index in [1.807, 2.05) is 13.8 Å². The van der Waals surface area contributed by atoms with Crippen molar-refractivity contribution in [1.29, 1.82) is 0 Å². The van der Waals surface area contributed by atoms with Crippen LogP contribution in [-0.2, 0) is 14.9 Å². The quantitative estimate of drug-likeness (QED) is 0.328. The van der Waals surface area contributed by atoms with E-state index in [1.165, 1.54) is 29.7 Å². The molecule has 1 atom stereocenters. The maximum absolute atomic E-state index is 15.9. The van der Waals surface area contributed by atoms with Crippen molar-refractivity contribution in [3.63, 3.8) is 0 Å². The van der Waals surface area contributed by atoms with E-state index in [4.69, 9.17) is 11.6 Å². The van der Waals surface area contributed by atoms with Crippen molar-refractivity contribution in [2.24, 2.45) is 0 Å². The highest BCUT2D eigenvalue weighted by Gasteiger charge is 2.29. The van der Waals surface area contributed by atoms with E-state index in [9.17, 15) is 13.2 Å². The van der Waals surface area contributed by atoms with Crippen molar-refractivity contribution in [1.82, 2.24) is 29.4 Å². The van der Waals surface area contributed by atoms with Gasteiger partial charge in [-0.05, 0) is 45.4 Å². The van der Waals surface area contributed by atoms with Crippen LogP contribution in [0.5, 0.6) is 0 Å². The van der Waals surface area contributed by atoms with Gasteiger partial charge >= 0.3 is 16.3 Å². The number of anilines is 2. The first-order valence-electron chi connectivity index (χ1n) is 12.3. The molecule has 1 fully saturated rings. The number of aromatic nitrogens is 4. The van der Waals surface area contributed by atoms with Crippen LogP contribution in [0.15, 0.2) is 30.6 Å². The van der Waals surface area contributed by atoms with Crippen LogP contribution in [-0.4, -0.2) is 71.4 Å². The lowest BCUT2D eigenvalue weighted by molar-refractivity contribution is 0.168. The van der Waals surface area contributed by atoms with Crippen molar-refractivity contribution in [2.75, 3.05) is 36.8 Å². The molecule has 4 rings (SSSR count). The average molecular weight is 581 g/mol. The topological polar surface area (TPSA) is 143 Å². The minimum absolute atomic E-state index is 0.0613. The molecule has 2 aromatic heterocycles. The number of halogens is 2. The fourth-order valence-corrected chi connectivity index (χ4v) is 5.28. The van der Waals surface area contributed by atoms with E-state index in [2.05, 4.69) is 35.2 Å². The van der Waals surface area contributed by atoms with Gasteiger partial charge in [-0.25, -0.2) is 19.2 Å². The summed E-state index contributed by atoms with van der Waals surface area (Å²) in [6.45, 7) is 6.68. The van der Waals surface area contributed by atoms with Gasteiger partial charge in [0.1, 0.15) is 5.69 Å². The number of benzene rings is 1. The van der Waals surface area contributed by atoms with Crippen molar-refractivity contribution >= 4 is 39.5 Å². The molecule has 210 valence electrons. The summed E-state index contributed by atoms with van der Waals surface area (Å²) in [6, 6.07) is 3.95. The number of carbonyl (C=O) groups is 1. The zero-order valence-corrected chi connectivity index (χ0v) is 23.5. The zero-order valence-electron chi connectivity index (χ0n) is 21.9. The van der Waals surface area contributed by atoms with Crippen LogP contribution >= 0.6 is 11.6 Å². The Morgan fingerprint density at radius 2 is 1.97 bits per heavy atom. The summed E-state index contributed by atoms with van der Waals surface area (Å²) in [5.74, 6) is -0.520. The number of nitrogens with zero attached hydrogens (tertiary/aromatic N) is 5. The Labute approximate surface area is 231 Å². The molecule has 3 N–H and O–H groups in total. The third-order valence-electron chi connectivity index (χ3n) is 6.00. The summed E-state index contributed by atoms with van der Waals surface area (Å²) >= 11 is 6.32. The molecule has 3 heterocycles. The fourth-order valence-electron chi connectivity index (χ4n) is 3.76. The molecule has 1 aliphatic heterocycles. The SMILES string of the molecule is COC(=O)N[C@@H](C)CNc1nccc(-c2nn(C(C)C)cc2-c2cc(Cl)cc(NS(=O)(=O)N3CCC3)c2F)n1. The van der Waals surface area contributed by atoms with Gasteiger partial charge in [-0.15, -0.1) is 0 Å². The van der Waals surface area contributed by atoms with Gasteiger partial charge in [0.05, 0.1) is 18.5 Å².